The van der Waals surface area contributed by atoms with E-state index in [2.05, 4.69) is 11.4 Å². The summed E-state index contributed by atoms with van der Waals surface area (Å²) in [5, 5.41) is 3.34. The van der Waals surface area contributed by atoms with Gasteiger partial charge in [-0.1, -0.05) is 0 Å². The fourth-order valence-corrected chi connectivity index (χ4v) is 1.29. The molecule has 78 valence electrons. The van der Waals surface area contributed by atoms with Gasteiger partial charge < -0.3 is 16.8 Å². The first-order valence-corrected chi connectivity index (χ1v) is 5.04. The minimum Gasteiger partial charge on any atom is -0.399 e. The van der Waals surface area contributed by atoms with Crippen molar-refractivity contribution in [1.29, 1.82) is 0 Å². The molecule has 0 aliphatic heterocycles. The van der Waals surface area contributed by atoms with Crippen LogP contribution in [0.15, 0.2) is 18.2 Å². The predicted octanol–water partition coefficient (Wildman–Crippen LogP) is 1.73. The second-order valence-corrected chi connectivity index (χ2v) is 3.49. The Morgan fingerprint density at radius 3 is 2.71 bits per heavy atom. The lowest BCUT2D eigenvalue weighted by Gasteiger charge is -2.07. The summed E-state index contributed by atoms with van der Waals surface area (Å²) < 4.78 is 0. The van der Waals surface area contributed by atoms with Crippen LogP contribution in [0.1, 0.15) is 18.4 Å². The molecule has 14 heavy (non-hydrogen) atoms. The molecule has 5 N–H and O–H groups in total. The van der Waals surface area contributed by atoms with Crippen LogP contribution < -0.4 is 16.8 Å². The Bertz CT molecular complexity index is 284. The van der Waals surface area contributed by atoms with Gasteiger partial charge in [-0.05, 0) is 50.1 Å². The number of rotatable bonds is 5. The largest absolute Gasteiger partial charge is 0.399 e. The Balaban J connectivity index is 2.39. The van der Waals surface area contributed by atoms with Gasteiger partial charge in [-0.15, -0.1) is 0 Å². The van der Waals surface area contributed by atoms with Gasteiger partial charge in [0.1, 0.15) is 0 Å². The van der Waals surface area contributed by atoms with Crippen molar-refractivity contribution >= 4 is 11.4 Å². The number of hydrogen-bond acceptors (Lipinski definition) is 3. The lowest BCUT2D eigenvalue weighted by molar-refractivity contribution is 0.774. The summed E-state index contributed by atoms with van der Waals surface area (Å²) >= 11 is 0. The van der Waals surface area contributed by atoms with Crippen molar-refractivity contribution in [3.8, 4) is 0 Å². The summed E-state index contributed by atoms with van der Waals surface area (Å²) in [4.78, 5) is 0. The smallest absolute Gasteiger partial charge is 0.0345 e. The molecule has 0 unspecified atom stereocenters. The fourth-order valence-electron chi connectivity index (χ4n) is 1.29. The first-order valence-electron chi connectivity index (χ1n) is 5.04. The number of anilines is 2. The summed E-state index contributed by atoms with van der Waals surface area (Å²) in [7, 11) is 0. The fraction of sp³-hybridized carbons (Fsp3) is 0.455. The minimum absolute atomic E-state index is 0.766. The second kappa shape index (κ2) is 5.50. The minimum atomic E-state index is 0.766. The summed E-state index contributed by atoms with van der Waals surface area (Å²) in [6.07, 6.45) is 2.18. The van der Waals surface area contributed by atoms with E-state index in [0.717, 1.165) is 42.9 Å². The van der Waals surface area contributed by atoms with Crippen molar-refractivity contribution in [3.05, 3.63) is 23.8 Å². The molecule has 0 bridgehead atoms. The Hall–Kier alpha value is -1.22. The maximum Gasteiger partial charge on any atom is 0.0345 e. The number of aryl methyl sites for hydroxylation is 1. The lowest BCUT2D eigenvalue weighted by atomic mass is 10.2. The molecule has 0 saturated carbocycles. The standard InChI is InChI=1S/C11H19N3/c1-9-8-10(4-5-11(9)13)14-7-3-2-6-12/h4-5,8,14H,2-3,6-7,12-13H2,1H3. The first kappa shape index (κ1) is 10.9. The average molecular weight is 193 g/mol. The van der Waals surface area contributed by atoms with Crippen LogP contribution in [0.3, 0.4) is 0 Å². The van der Waals surface area contributed by atoms with Gasteiger partial charge in [0.05, 0.1) is 0 Å². The zero-order valence-electron chi connectivity index (χ0n) is 8.72. The molecule has 0 spiro atoms. The second-order valence-electron chi connectivity index (χ2n) is 3.49. The summed E-state index contributed by atoms with van der Waals surface area (Å²) in [5.41, 5.74) is 14.2. The van der Waals surface area contributed by atoms with Gasteiger partial charge in [0, 0.05) is 17.9 Å². The van der Waals surface area contributed by atoms with E-state index in [1.807, 2.05) is 19.1 Å². The van der Waals surface area contributed by atoms with E-state index in [0.29, 0.717) is 0 Å². The zero-order chi connectivity index (χ0) is 10.4. The number of nitrogen functional groups attached to an aromatic ring is 1. The summed E-state index contributed by atoms with van der Waals surface area (Å²) in [6.45, 7) is 3.75. The maximum atomic E-state index is 5.72. The first-order chi connectivity index (χ1) is 6.74. The van der Waals surface area contributed by atoms with Gasteiger partial charge in [0.2, 0.25) is 0 Å². The molecule has 0 fully saturated rings. The highest BCUT2D eigenvalue weighted by Gasteiger charge is 1.95. The normalized spacial score (nSPS) is 10.1. The summed E-state index contributed by atoms with van der Waals surface area (Å²) in [5.74, 6) is 0. The maximum absolute atomic E-state index is 5.72. The topological polar surface area (TPSA) is 64.1 Å². The number of nitrogens with two attached hydrogens (primary N) is 2. The molecule has 0 saturated heterocycles. The third-order valence-corrected chi connectivity index (χ3v) is 2.23. The number of hydrogen-bond donors (Lipinski definition) is 3. The monoisotopic (exact) mass is 193 g/mol. The Morgan fingerprint density at radius 2 is 2.07 bits per heavy atom. The number of unbranched alkanes of at least 4 members (excludes halogenated alkanes) is 1. The number of nitrogens with one attached hydrogen (secondary N) is 1. The van der Waals surface area contributed by atoms with Crippen molar-refractivity contribution in [1.82, 2.24) is 0 Å². The highest BCUT2D eigenvalue weighted by molar-refractivity contribution is 5.56. The van der Waals surface area contributed by atoms with E-state index in [9.17, 15) is 0 Å². The van der Waals surface area contributed by atoms with Crippen LogP contribution in [-0.2, 0) is 0 Å². The van der Waals surface area contributed by atoms with Gasteiger partial charge in [-0.25, -0.2) is 0 Å². The third kappa shape index (κ3) is 3.26. The van der Waals surface area contributed by atoms with E-state index in [4.69, 9.17) is 11.5 Å². The van der Waals surface area contributed by atoms with Gasteiger partial charge >= 0.3 is 0 Å². The zero-order valence-corrected chi connectivity index (χ0v) is 8.72. The van der Waals surface area contributed by atoms with Crippen LogP contribution >= 0.6 is 0 Å². The van der Waals surface area contributed by atoms with Gasteiger partial charge in [0.25, 0.3) is 0 Å². The van der Waals surface area contributed by atoms with Crippen LogP contribution in [0.2, 0.25) is 0 Å². The molecular weight excluding hydrogens is 174 g/mol. The molecular formula is C11H19N3. The molecule has 1 rings (SSSR count). The molecule has 1 aromatic carbocycles. The van der Waals surface area contributed by atoms with E-state index in [1.165, 1.54) is 0 Å². The van der Waals surface area contributed by atoms with Crippen molar-refractivity contribution < 1.29 is 0 Å². The van der Waals surface area contributed by atoms with Crippen LogP contribution in [0.25, 0.3) is 0 Å². The van der Waals surface area contributed by atoms with E-state index in [1.54, 1.807) is 0 Å². The number of benzene rings is 1. The Morgan fingerprint density at radius 1 is 1.29 bits per heavy atom. The van der Waals surface area contributed by atoms with Gasteiger partial charge in [-0.2, -0.15) is 0 Å². The molecule has 3 heteroatoms. The SMILES string of the molecule is Cc1cc(NCCCCN)ccc1N. The van der Waals surface area contributed by atoms with E-state index >= 15 is 0 Å². The lowest BCUT2D eigenvalue weighted by Crippen LogP contribution is -2.05. The molecule has 0 aliphatic carbocycles. The molecule has 0 aliphatic rings. The average Bonchev–Trinajstić information content (AvgIpc) is 2.18. The van der Waals surface area contributed by atoms with Crippen molar-refractivity contribution in [2.45, 2.75) is 19.8 Å². The quantitative estimate of drug-likeness (QED) is 0.493. The van der Waals surface area contributed by atoms with Crippen LogP contribution in [0.4, 0.5) is 11.4 Å². The molecule has 0 atom stereocenters. The molecule has 0 heterocycles. The summed E-state index contributed by atoms with van der Waals surface area (Å²) in [6, 6.07) is 6.00. The molecule has 0 aromatic heterocycles. The van der Waals surface area contributed by atoms with E-state index in [-0.39, 0.29) is 0 Å². The third-order valence-electron chi connectivity index (χ3n) is 2.23. The molecule has 1 aromatic rings. The molecule has 3 nitrogen and oxygen atoms in total. The van der Waals surface area contributed by atoms with Gasteiger partial charge in [0.15, 0.2) is 0 Å². The highest BCUT2D eigenvalue weighted by atomic mass is 14.9. The molecule has 0 amide bonds. The van der Waals surface area contributed by atoms with Crippen LogP contribution in [-0.4, -0.2) is 13.1 Å². The van der Waals surface area contributed by atoms with Crippen molar-refractivity contribution in [3.63, 3.8) is 0 Å². The Labute approximate surface area is 85.5 Å². The van der Waals surface area contributed by atoms with Crippen LogP contribution in [0, 0.1) is 6.92 Å². The van der Waals surface area contributed by atoms with Crippen LogP contribution in [0.5, 0.6) is 0 Å². The highest BCUT2D eigenvalue weighted by Crippen LogP contribution is 2.16. The predicted molar refractivity (Wildman–Crippen MR) is 62.4 cm³/mol. The van der Waals surface area contributed by atoms with Crippen molar-refractivity contribution in [2.24, 2.45) is 5.73 Å². The van der Waals surface area contributed by atoms with Crippen molar-refractivity contribution in [2.75, 3.05) is 24.1 Å². The van der Waals surface area contributed by atoms with Gasteiger partial charge in [-0.3, -0.25) is 0 Å². The Kier molecular flexibility index (Phi) is 4.26. The van der Waals surface area contributed by atoms with E-state index < -0.39 is 0 Å². The molecule has 0 radical (unpaired) electrons.